The lowest BCUT2D eigenvalue weighted by Gasteiger charge is -2.35. The molecule has 0 radical (unpaired) electrons. The third-order valence-corrected chi connectivity index (χ3v) is 8.50. The fraction of sp³-hybridized carbons (Fsp3) is 0.345. The van der Waals surface area contributed by atoms with Crippen molar-refractivity contribution in [1.29, 1.82) is 0 Å². The van der Waals surface area contributed by atoms with Crippen molar-refractivity contribution < 1.29 is 22.7 Å². The minimum absolute atomic E-state index is 0.134. The third-order valence-electron chi connectivity index (χ3n) is 6.70. The van der Waals surface area contributed by atoms with Crippen LogP contribution in [0, 0.1) is 13.8 Å². The standard InChI is InChI=1S/C29H34N2O5S/c1-18(2)23-16-24(20(4)15-27(23)35-6)21(5)30-29(32)28-17-31(25-9-7-8-10-26(25)36-28)37(33,34)22-13-11-19(3)12-14-22/h7-16,18,21,28H,17H2,1-6H3,(H,30,32)/t21-,28-/m1/s1. The molecule has 2 atom stereocenters. The minimum Gasteiger partial charge on any atom is -0.496 e. The minimum atomic E-state index is -3.91. The van der Waals surface area contributed by atoms with E-state index in [1.165, 1.54) is 4.31 Å². The van der Waals surface area contributed by atoms with E-state index in [0.717, 1.165) is 28.0 Å². The Hall–Kier alpha value is -3.52. The number of methoxy groups -OCH3 is 1. The molecular weight excluding hydrogens is 488 g/mol. The number of sulfonamides is 1. The first kappa shape index (κ1) is 26.5. The number of nitrogens with one attached hydrogen (secondary N) is 1. The predicted octanol–water partition coefficient (Wildman–Crippen LogP) is 5.27. The van der Waals surface area contributed by atoms with Crippen LogP contribution in [0.5, 0.6) is 11.5 Å². The molecule has 1 heterocycles. The Labute approximate surface area is 219 Å². The third kappa shape index (κ3) is 5.30. The number of para-hydroxylation sites is 2. The summed E-state index contributed by atoms with van der Waals surface area (Å²) in [6, 6.07) is 17.3. The summed E-state index contributed by atoms with van der Waals surface area (Å²) < 4.78 is 40.0. The van der Waals surface area contributed by atoms with Crippen LogP contribution in [0.4, 0.5) is 5.69 Å². The van der Waals surface area contributed by atoms with E-state index in [2.05, 4.69) is 25.2 Å². The van der Waals surface area contributed by atoms with Crippen LogP contribution in [0.2, 0.25) is 0 Å². The maximum atomic E-state index is 13.6. The number of nitrogens with zero attached hydrogens (tertiary/aromatic N) is 1. The van der Waals surface area contributed by atoms with Gasteiger partial charge in [0.1, 0.15) is 11.5 Å². The topological polar surface area (TPSA) is 84.9 Å². The summed E-state index contributed by atoms with van der Waals surface area (Å²) in [6.07, 6.45) is -1.01. The molecule has 37 heavy (non-hydrogen) atoms. The Bertz CT molecular complexity index is 1400. The van der Waals surface area contributed by atoms with Crippen LogP contribution in [-0.4, -0.2) is 34.1 Å². The Morgan fingerprint density at radius 3 is 2.35 bits per heavy atom. The van der Waals surface area contributed by atoms with Crippen LogP contribution in [0.25, 0.3) is 0 Å². The van der Waals surface area contributed by atoms with Crippen molar-refractivity contribution in [2.24, 2.45) is 0 Å². The fourth-order valence-corrected chi connectivity index (χ4v) is 6.07. The van der Waals surface area contributed by atoms with Crippen LogP contribution in [0.15, 0.2) is 65.6 Å². The van der Waals surface area contributed by atoms with E-state index >= 15 is 0 Å². The van der Waals surface area contributed by atoms with Gasteiger partial charge in [-0.1, -0.05) is 43.7 Å². The maximum absolute atomic E-state index is 13.6. The summed E-state index contributed by atoms with van der Waals surface area (Å²) in [5.74, 6) is 1.03. The number of hydrogen-bond donors (Lipinski definition) is 1. The molecule has 8 heteroatoms. The maximum Gasteiger partial charge on any atom is 0.264 e. The van der Waals surface area contributed by atoms with Gasteiger partial charge in [-0.25, -0.2) is 8.42 Å². The number of fused-ring (bicyclic) bond motifs is 1. The van der Waals surface area contributed by atoms with Crippen LogP contribution < -0.4 is 19.1 Å². The zero-order valence-electron chi connectivity index (χ0n) is 22.1. The van der Waals surface area contributed by atoms with E-state index in [-0.39, 0.29) is 29.3 Å². The van der Waals surface area contributed by atoms with Crippen molar-refractivity contribution >= 4 is 21.6 Å². The molecule has 0 bridgehead atoms. The highest BCUT2D eigenvalue weighted by Crippen LogP contribution is 2.37. The second kappa shape index (κ2) is 10.5. The SMILES string of the molecule is COc1cc(C)c([C@@H](C)NC(=O)[C@H]2CN(S(=O)(=O)c3ccc(C)cc3)c3ccccc3O2)cc1C(C)C. The molecule has 1 aliphatic heterocycles. The smallest absolute Gasteiger partial charge is 0.264 e. The molecular formula is C29H34N2O5S. The van der Waals surface area contributed by atoms with Gasteiger partial charge in [0.2, 0.25) is 0 Å². The second-order valence-electron chi connectivity index (χ2n) is 9.76. The van der Waals surface area contributed by atoms with Gasteiger partial charge >= 0.3 is 0 Å². The normalized spacial score (nSPS) is 16.1. The second-order valence-corrected chi connectivity index (χ2v) is 11.6. The van der Waals surface area contributed by atoms with Gasteiger partial charge in [0.15, 0.2) is 6.10 Å². The lowest BCUT2D eigenvalue weighted by Crippen LogP contribution is -2.51. The number of benzene rings is 3. The molecule has 7 nitrogen and oxygen atoms in total. The number of carbonyl (C=O) groups excluding carboxylic acids is 1. The van der Waals surface area contributed by atoms with Gasteiger partial charge in [-0.3, -0.25) is 9.10 Å². The first-order chi connectivity index (χ1) is 17.5. The van der Waals surface area contributed by atoms with Crippen molar-refractivity contribution in [2.45, 2.75) is 57.6 Å². The van der Waals surface area contributed by atoms with Crippen LogP contribution in [0.1, 0.15) is 55.0 Å². The molecule has 0 saturated carbocycles. The summed E-state index contributed by atoms with van der Waals surface area (Å²) in [6.45, 7) is 9.84. The zero-order chi connectivity index (χ0) is 26.9. The van der Waals surface area contributed by atoms with Crippen molar-refractivity contribution in [3.8, 4) is 11.5 Å². The largest absolute Gasteiger partial charge is 0.496 e. The van der Waals surface area contributed by atoms with Crippen molar-refractivity contribution in [1.82, 2.24) is 5.32 Å². The van der Waals surface area contributed by atoms with E-state index in [9.17, 15) is 13.2 Å². The molecule has 0 saturated heterocycles. The van der Waals surface area contributed by atoms with Crippen LogP contribution >= 0.6 is 0 Å². The molecule has 3 aromatic carbocycles. The average molecular weight is 523 g/mol. The highest BCUT2D eigenvalue weighted by atomic mass is 32.2. The molecule has 196 valence electrons. The van der Waals surface area contributed by atoms with Gasteiger partial charge in [0, 0.05) is 0 Å². The highest BCUT2D eigenvalue weighted by molar-refractivity contribution is 7.92. The molecule has 0 unspecified atom stereocenters. The Morgan fingerprint density at radius 2 is 1.70 bits per heavy atom. The summed E-state index contributed by atoms with van der Waals surface area (Å²) >= 11 is 0. The van der Waals surface area contributed by atoms with Gasteiger partial charge in [0.05, 0.1) is 30.3 Å². The quantitative estimate of drug-likeness (QED) is 0.457. The van der Waals surface area contributed by atoms with Gasteiger partial charge in [-0.15, -0.1) is 0 Å². The molecule has 4 rings (SSSR count). The van der Waals surface area contributed by atoms with E-state index in [0.29, 0.717) is 11.4 Å². The average Bonchev–Trinajstić information content (AvgIpc) is 2.87. The summed E-state index contributed by atoms with van der Waals surface area (Å²) in [7, 11) is -2.26. The highest BCUT2D eigenvalue weighted by Gasteiger charge is 2.38. The van der Waals surface area contributed by atoms with Gasteiger partial charge in [0.25, 0.3) is 15.9 Å². The van der Waals surface area contributed by atoms with Crippen molar-refractivity contribution in [3.05, 3.63) is 82.9 Å². The lowest BCUT2D eigenvalue weighted by molar-refractivity contribution is -0.128. The van der Waals surface area contributed by atoms with Crippen molar-refractivity contribution in [2.75, 3.05) is 18.0 Å². The van der Waals surface area contributed by atoms with Gasteiger partial charge < -0.3 is 14.8 Å². The van der Waals surface area contributed by atoms with E-state index in [4.69, 9.17) is 9.47 Å². The predicted molar refractivity (Wildman–Crippen MR) is 145 cm³/mol. The number of carbonyl (C=O) groups is 1. The first-order valence-electron chi connectivity index (χ1n) is 12.4. The number of rotatable bonds is 7. The number of hydrogen-bond acceptors (Lipinski definition) is 5. The molecule has 0 fully saturated rings. The Kier molecular flexibility index (Phi) is 7.50. The summed E-state index contributed by atoms with van der Waals surface area (Å²) in [5.41, 5.74) is 4.39. The van der Waals surface area contributed by atoms with E-state index in [1.807, 2.05) is 26.8 Å². The molecule has 0 spiro atoms. The first-order valence-corrected chi connectivity index (χ1v) is 13.8. The molecule has 1 aliphatic rings. The fourth-order valence-electron chi connectivity index (χ4n) is 4.60. The molecule has 0 aliphatic carbocycles. The molecule has 0 aromatic heterocycles. The number of ether oxygens (including phenoxy) is 2. The van der Waals surface area contributed by atoms with Gasteiger partial charge in [-0.2, -0.15) is 0 Å². The Balaban J connectivity index is 1.62. The zero-order valence-corrected chi connectivity index (χ0v) is 22.9. The number of amides is 1. The number of aryl methyl sites for hydroxylation is 2. The molecule has 1 amide bonds. The van der Waals surface area contributed by atoms with E-state index < -0.39 is 16.1 Å². The monoisotopic (exact) mass is 522 g/mol. The van der Waals surface area contributed by atoms with E-state index in [1.54, 1.807) is 55.6 Å². The number of anilines is 1. The van der Waals surface area contributed by atoms with Gasteiger partial charge in [-0.05, 0) is 79.8 Å². The molecule has 1 N–H and O–H groups in total. The van der Waals surface area contributed by atoms with Crippen LogP contribution in [0.3, 0.4) is 0 Å². The Morgan fingerprint density at radius 1 is 1.03 bits per heavy atom. The summed E-state index contributed by atoms with van der Waals surface area (Å²) in [5, 5.41) is 3.03. The van der Waals surface area contributed by atoms with Crippen molar-refractivity contribution in [3.63, 3.8) is 0 Å². The molecule has 3 aromatic rings. The summed E-state index contributed by atoms with van der Waals surface area (Å²) in [4.78, 5) is 13.6. The van der Waals surface area contributed by atoms with Crippen LogP contribution in [-0.2, 0) is 14.8 Å². The lowest BCUT2D eigenvalue weighted by atomic mass is 9.93.